The Balaban J connectivity index is 0. The average Bonchev–Trinajstić information content (AvgIpc) is 2.59. The molecule has 0 aromatic heterocycles. The minimum Gasteiger partial charge on any atom is -0.870 e. The number of anilines is 1. The van der Waals surface area contributed by atoms with E-state index in [4.69, 9.17) is 14.2 Å². The van der Waals surface area contributed by atoms with E-state index >= 15 is 0 Å². The van der Waals surface area contributed by atoms with E-state index < -0.39 is 0 Å². The van der Waals surface area contributed by atoms with Crippen molar-refractivity contribution in [3.05, 3.63) is 42.0 Å². The van der Waals surface area contributed by atoms with Gasteiger partial charge in [0.1, 0.15) is 0 Å². The molecule has 0 aliphatic heterocycles. The molecule has 2 rings (SSSR count). The Bertz CT molecular complexity index is 682. The molecule has 2 aromatic rings. The van der Waals surface area contributed by atoms with Crippen LogP contribution < -0.4 is 23.5 Å². The molecule has 0 unspecified atom stereocenters. The van der Waals surface area contributed by atoms with Gasteiger partial charge in [0.15, 0.2) is 0 Å². The maximum atomic E-state index is 12.7. The summed E-state index contributed by atoms with van der Waals surface area (Å²) in [6.45, 7) is 0. The Morgan fingerprint density at radius 1 is 0.885 bits per heavy atom. The van der Waals surface area contributed by atoms with Gasteiger partial charge in [-0.3, -0.25) is 0 Å². The first-order valence-corrected chi connectivity index (χ1v) is 7.96. The van der Waals surface area contributed by atoms with Gasteiger partial charge in [0.2, 0.25) is 0 Å². The molecule has 0 heterocycles. The molecule has 0 bridgehead atoms. The molecule has 0 saturated heterocycles. The van der Waals surface area contributed by atoms with E-state index in [2.05, 4.69) is 0 Å². The molecular weight excluding hydrogens is 403 g/mol. The van der Waals surface area contributed by atoms with Crippen LogP contribution in [0.4, 0.5) is 5.69 Å². The first-order chi connectivity index (χ1) is 11.0. The fraction of sp³-hybridized carbons (Fsp3) is 0.235. The Morgan fingerprint density at radius 3 is 1.73 bits per heavy atom. The number of methoxy groups -OCH3 is 3. The van der Waals surface area contributed by atoms with Crippen molar-refractivity contribution in [1.29, 1.82) is 0 Å². The predicted octanol–water partition coefficient (Wildman–Crippen LogP) is 1.25. The number of benzene rings is 2. The number of hydrogen-bond acceptors (Lipinski definition) is 7. The minimum atomic E-state index is -0.159. The van der Waals surface area contributed by atoms with Gasteiger partial charge in [0, 0.05) is 0 Å². The van der Waals surface area contributed by atoms with Crippen LogP contribution in [-0.2, 0) is 0 Å². The van der Waals surface area contributed by atoms with Crippen LogP contribution in [0.5, 0.6) is 17.2 Å². The molecule has 0 spiro atoms. The average molecular weight is 424 g/mol. The Labute approximate surface area is 160 Å². The topological polar surface area (TPSA) is 138 Å². The standard InChI is InChI=1S/C17H18GeNO4.3H2O/c1-19(13-7-5-12(18)6-8-13)17(20)11-9-14(21-2)16(23-4)15(10-11)22-3;;;/h5-10H,1-4H3;3*1H2/q+3;;;/p-3. The number of carbonyl (C=O) groups excluding carboxylic acids is 1. The van der Waals surface area contributed by atoms with Crippen LogP contribution in [0.1, 0.15) is 10.4 Å². The zero-order chi connectivity index (χ0) is 17.0. The fourth-order valence-electron chi connectivity index (χ4n) is 2.20. The van der Waals surface area contributed by atoms with Gasteiger partial charge >= 0.3 is 144 Å². The van der Waals surface area contributed by atoms with Crippen molar-refractivity contribution in [3.63, 3.8) is 0 Å². The molecule has 2 aromatic carbocycles. The van der Waals surface area contributed by atoms with Crippen molar-refractivity contribution in [1.82, 2.24) is 0 Å². The van der Waals surface area contributed by atoms with Gasteiger partial charge in [-0.1, -0.05) is 0 Å². The second-order valence-corrected chi connectivity index (χ2v) is 6.04. The summed E-state index contributed by atoms with van der Waals surface area (Å²) in [5.74, 6) is 1.21. The van der Waals surface area contributed by atoms with Crippen molar-refractivity contribution in [2.24, 2.45) is 0 Å². The number of ether oxygens (including phenoxy) is 3. The summed E-state index contributed by atoms with van der Waals surface area (Å²) < 4.78 is 17.0. The van der Waals surface area contributed by atoms with E-state index in [0.717, 1.165) is 10.1 Å². The third kappa shape index (κ3) is 5.36. The van der Waals surface area contributed by atoms with E-state index in [0.29, 0.717) is 22.8 Å². The Hall–Kier alpha value is -2.27. The molecule has 0 radical (unpaired) electrons. The van der Waals surface area contributed by atoms with Crippen LogP contribution in [0.3, 0.4) is 0 Å². The van der Waals surface area contributed by atoms with Crippen molar-refractivity contribution in [3.8, 4) is 17.2 Å². The summed E-state index contributed by atoms with van der Waals surface area (Å²) >= 11 is 2.00. The third-order valence-corrected chi connectivity index (χ3v) is 4.17. The second-order valence-electron chi connectivity index (χ2n) is 4.83. The number of rotatable bonds is 5. The molecule has 8 nitrogen and oxygen atoms in total. The number of nitrogens with zero attached hydrogens (tertiary/aromatic N) is 1. The summed E-state index contributed by atoms with van der Waals surface area (Å²) in [5.41, 5.74) is 1.27. The summed E-state index contributed by atoms with van der Waals surface area (Å²) in [6, 6.07) is 11.0. The molecule has 140 valence electrons. The molecule has 3 N–H and O–H groups in total. The first kappa shape index (κ1) is 26.0. The quantitative estimate of drug-likeness (QED) is 0.659. The predicted molar refractivity (Wildman–Crippen MR) is 96.5 cm³/mol. The monoisotopic (exact) mass is 425 g/mol. The smallest absolute Gasteiger partial charge is 0.870 e. The molecule has 1 amide bonds. The fourth-order valence-corrected chi connectivity index (χ4v) is 2.55. The maximum absolute atomic E-state index is 12.7. The number of carbonyl (C=O) groups is 1. The van der Waals surface area contributed by atoms with Crippen LogP contribution in [0.25, 0.3) is 0 Å². The summed E-state index contributed by atoms with van der Waals surface area (Å²) in [6.07, 6.45) is 0. The molecule has 26 heavy (non-hydrogen) atoms. The molecular formula is C17H21GeNO7. The summed E-state index contributed by atoms with van der Waals surface area (Å²) in [4.78, 5) is 14.3. The van der Waals surface area contributed by atoms with Crippen LogP contribution >= 0.6 is 0 Å². The van der Waals surface area contributed by atoms with Gasteiger partial charge < -0.3 is 16.4 Å². The Morgan fingerprint density at radius 2 is 1.35 bits per heavy atom. The molecule has 0 atom stereocenters. The number of amides is 1. The Kier molecular flexibility index (Phi) is 11.4. The third-order valence-electron chi connectivity index (χ3n) is 3.47. The zero-order valence-corrected chi connectivity index (χ0v) is 17.0. The molecule has 0 aliphatic rings. The van der Waals surface area contributed by atoms with Gasteiger partial charge in [0.05, 0.1) is 0 Å². The molecule has 0 aliphatic carbocycles. The number of hydrogen-bond donors (Lipinski definition) is 0. The van der Waals surface area contributed by atoms with Gasteiger partial charge in [-0.2, -0.15) is 0 Å². The van der Waals surface area contributed by atoms with E-state index in [-0.39, 0.29) is 22.3 Å². The molecule has 0 fully saturated rings. The normalized spacial score (nSPS) is 9.00. The molecule has 9 heteroatoms. The summed E-state index contributed by atoms with van der Waals surface area (Å²) in [5, 5.41) is 0. The van der Waals surface area contributed by atoms with Gasteiger partial charge in [-0.05, 0) is 0 Å². The van der Waals surface area contributed by atoms with Gasteiger partial charge in [-0.15, -0.1) is 0 Å². The van der Waals surface area contributed by atoms with Crippen LogP contribution in [0.2, 0.25) is 0 Å². The SMILES string of the molecule is COc1cc(C(=O)N(C)c2cc[c]([Ge+3])cc2)cc(OC)c1OC.[OH-].[OH-].[OH-]. The van der Waals surface area contributed by atoms with Crippen molar-refractivity contribution < 1.29 is 35.4 Å². The first-order valence-electron chi connectivity index (χ1n) is 6.91. The van der Waals surface area contributed by atoms with Crippen LogP contribution in [0.15, 0.2) is 36.4 Å². The second kappa shape index (κ2) is 11.4. The van der Waals surface area contributed by atoms with E-state index in [1.165, 1.54) is 21.3 Å². The zero-order valence-electron chi connectivity index (χ0n) is 14.9. The van der Waals surface area contributed by atoms with E-state index in [9.17, 15) is 4.79 Å². The van der Waals surface area contributed by atoms with E-state index in [1.54, 1.807) is 24.1 Å². The summed E-state index contributed by atoms with van der Waals surface area (Å²) in [7, 11) is 6.31. The van der Waals surface area contributed by atoms with E-state index in [1.807, 2.05) is 40.8 Å². The van der Waals surface area contributed by atoms with Gasteiger partial charge in [0.25, 0.3) is 0 Å². The van der Waals surface area contributed by atoms with Crippen LogP contribution in [-0.4, -0.2) is 67.2 Å². The van der Waals surface area contributed by atoms with Crippen molar-refractivity contribution >= 4 is 32.5 Å². The molecule has 0 saturated carbocycles. The van der Waals surface area contributed by atoms with Crippen LogP contribution in [0, 0.1) is 0 Å². The van der Waals surface area contributed by atoms with Crippen molar-refractivity contribution in [2.75, 3.05) is 33.3 Å². The van der Waals surface area contributed by atoms with Crippen molar-refractivity contribution in [2.45, 2.75) is 0 Å². The minimum absolute atomic E-state index is 0. The van der Waals surface area contributed by atoms with Gasteiger partial charge in [-0.25, -0.2) is 0 Å².